The molecule has 1 aliphatic rings. The number of fused-ring (bicyclic) bond motifs is 1. The number of nitrogens with one attached hydrogen (secondary N) is 1. The number of carbonyl (C=O) groups excluding carboxylic acids is 2. The number of para-hydroxylation sites is 2. The van der Waals surface area contributed by atoms with Gasteiger partial charge in [0.2, 0.25) is 5.91 Å². The molecule has 2 heterocycles. The molecule has 3 rings (SSSR count). The number of carbonyl (C=O) groups is 2. The maximum atomic E-state index is 12.2. The number of piperazine rings is 1. The van der Waals surface area contributed by atoms with Gasteiger partial charge in [0, 0.05) is 32.7 Å². The number of nitrogens with zero attached hydrogens (tertiary/aromatic N) is 5. The van der Waals surface area contributed by atoms with Crippen LogP contribution in [0.2, 0.25) is 0 Å². The number of hydrogen-bond donors (Lipinski definition) is 1. The average molecular weight is 408 g/mol. The van der Waals surface area contributed by atoms with Crippen molar-refractivity contribution in [2.24, 2.45) is 0 Å². The molecular formula is C21H24N6O3. The summed E-state index contributed by atoms with van der Waals surface area (Å²) in [4.78, 5) is 37.4. The number of esters is 1. The number of amides is 1. The van der Waals surface area contributed by atoms with Crippen molar-refractivity contribution in [3.05, 3.63) is 42.6 Å². The Morgan fingerprint density at radius 2 is 1.93 bits per heavy atom. The van der Waals surface area contributed by atoms with Crippen LogP contribution in [0.5, 0.6) is 0 Å². The molecule has 0 saturated carbocycles. The van der Waals surface area contributed by atoms with E-state index in [1.54, 1.807) is 12.1 Å². The number of ether oxygens (including phenoxy) is 1. The second-order valence-electron chi connectivity index (χ2n) is 6.86. The van der Waals surface area contributed by atoms with Crippen LogP contribution in [0.3, 0.4) is 0 Å². The smallest absolute Gasteiger partial charge is 0.329 e. The lowest BCUT2D eigenvalue weighted by Gasteiger charge is -2.35. The third-order valence-electron chi connectivity index (χ3n) is 4.90. The normalized spacial score (nSPS) is 15.3. The van der Waals surface area contributed by atoms with E-state index >= 15 is 0 Å². The first-order chi connectivity index (χ1) is 14.6. The summed E-state index contributed by atoms with van der Waals surface area (Å²) in [6.45, 7) is 6.81. The van der Waals surface area contributed by atoms with Crippen molar-refractivity contribution in [2.45, 2.75) is 5.92 Å². The SMILES string of the molecule is C=CCNC(=O)CN1CCN(c2nc3ccccc3nc2C(C#N)C(=O)OC)CC1. The molecule has 0 radical (unpaired) electrons. The summed E-state index contributed by atoms with van der Waals surface area (Å²) in [5.74, 6) is -1.38. The lowest BCUT2D eigenvalue weighted by Crippen LogP contribution is -2.50. The Morgan fingerprint density at radius 3 is 2.53 bits per heavy atom. The van der Waals surface area contributed by atoms with E-state index in [0.717, 1.165) is 0 Å². The van der Waals surface area contributed by atoms with E-state index in [9.17, 15) is 14.9 Å². The Hall–Kier alpha value is -3.51. The van der Waals surface area contributed by atoms with Gasteiger partial charge >= 0.3 is 5.97 Å². The summed E-state index contributed by atoms with van der Waals surface area (Å²) in [5.41, 5.74) is 1.59. The van der Waals surface area contributed by atoms with Crippen LogP contribution in [0.25, 0.3) is 11.0 Å². The molecule has 156 valence electrons. The summed E-state index contributed by atoms with van der Waals surface area (Å²) >= 11 is 0. The van der Waals surface area contributed by atoms with Crippen LogP contribution in [-0.4, -0.2) is 73.1 Å². The highest BCUT2D eigenvalue weighted by atomic mass is 16.5. The van der Waals surface area contributed by atoms with Gasteiger partial charge in [-0.15, -0.1) is 6.58 Å². The molecule has 0 aliphatic carbocycles. The van der Waals surface area contributed by atoms with Crippen molar-refractivity contribution >= 4 is 28.7 Å². The fourth-order valence-electron chi connectivity index (χ4n) is 3.34. The minimum Gasteiger partial charge on any atom is -0.468 e. The molecule has 1 saturated heterocycles. The van der Waals surface area contributed by atoms with Crippen LogP contribution < -0.4 is 10.2 Å². The van der Waals surface area contributed by atoms with E-state index in [1.165, 1.54) is 7.11 Å². The summed E-state index contributed by atoms with van der Waals surface area (Å²) in [7, 11) is 1.25. The molecule has 1 N–H and O–H groups in total. The van der Waals surface area contributed by atoms with E-state index in [0.29, 0.717) is 61.8 Å². The fraction of sp³-hybridized carbons (Fsp3) is 0.381. The number of benzene rings is 1. The molecule has 1 aromatic heterocycles. The van der Waals surface area contributed by atoms with Crippen LogP contribution in [0, 0.1) is 11.3 Å². The minimum absolute atomic E-state index is 0.0511. The molecule has 0 spiro atoms. The van der Waals surface area contributed by atoms with Gasteiger partial charge in [0.25, 0.3) is 0 Å². The van der Waals surface area contributed by atoms with Crippen LogP contribution in [-0.2, 0) is 14.3 Å². The molecule has 9 nitrogen and oxygen atoms in total. The average Bonchev–Trinajstić information content (AvgIpc) is 2.78. The van der Waals surface area contributed by atoms with Gasteiger partial charge in [-0.3, -0.25) is 14.5 Å². The zero-order valence-corrected chi connectivity index (χ0v) is 16.9. The minimum atomic E-state index is -1.16. The van der Waals surface area contributed by atoms with Crippen molar-refractivity contribution in [3.8, 4) is 6.07 Å². The zero-order valence-electron chi connectivity index (χ0n) is 16.9. The highest BCUT2D eigenvalue weighted by molar-refractivity contribution is 5.85. The van der Waals surface area contributed by atoms with Gasteiger partial charge in [-0.05, 0) is 12.1 Å². The largest absolute Gasteiger partial charge is 0.468 e. The van der Waals surface area contributed by atoms with Gasteiger partial charge in [0.15, 0.2) is 11.7 Å². The maximum Gasteiger partial charge on any atom is 0.329 e. The third kappa shape index (κ3) is 4.72. The standard InChI is InChI=1S/C21H24N6O3/c1-3-8-23-18(28)14-26-9-11-27(12-10-26)20-19(15(13-22)21(29)30-2)24-16-6-4-5-7-17(16)25-20/h3-7,15H,1,8-12,14H2,2H3,(H,23,28). The second-order valence-corrected chi connectivity index (χ2v) is 6.86. The lowest BCUT2D eigenvalue weighted by atomic mass is 10.1. The predicted octanol–water partition coefficient (Wildman–Crippen LogP) is 0.834. The summed E-state index contributed by atoms with van der Waals surface area (Å²) in [5, 5.41) is 12.4. The summed E-state index contributed by atoms with van der Waals surface area (Å²) in [6, 6.07) is 9.32. The number of nitriles is 1. The number of anilines is 1. The second kappa shape index (κ2) is 9.80. The van der Waals surface area contributed by atoms with Crippen molar-refractivity contribution in [1.82, 2.24) is 20.2 Å². The summed E-state index contributed by atoms with van der Waals surface area (Å²) in [6.07, 6.45) is 1.64. The monoisotopic (exact) mass is 408 g/mol. The molecule has 1 aliphatic heterocycles. The maximum absolute atomic E-state index is 12.2. The number of methoxy groups -OCH3 is 1. The Morgan fingerprint density at radius 1 is 1.27 bits per heavy atom. The highest BCUT2D eigenvalue weighted by Gasteiger charge is 2.31. The zero-order chi connectivity index (χ0) is 21.5. The topological polar surface area (TPSA) is 111 Å². The molecule has 1 unspecified atom stereocenters. The highest BCUT2D eigenvalue weighted by Crippen LogP contribution is 2.28. The first-order valence-corrected chi connectivity index (χ1v) is 9.66. The van der Waals surface area contributed by atoms with E-state index in [1.807, 2.05) is 34.1 Å². The Balaban J connectivity index is 1.84. The van der Waals surface area contributed by atoms with Gasteiger partial charge < -0.3 is 15.0 Å². The van der Waals surface area contributed by atoms with E-state index in [2.05, 4.69) is 16.9 Å². The summed E-state index contributed by atoms with van der Waals surface area (Å²) < 4.78 is 4.80. The van der Waals surface area contributed by atoms with Gasteiger partial charge in [-0.2, -0.15) is 5.26 Å². The van der Waals surface area contributed by atoms with Crippen molar-refractivity contribution in [3.63, 3.8) is 0 Å². The molecule has 1 fully saturated rings. The molecule has 1 aromatic carbocycles. The molecule has 2 aromatic rings. The quantitative estimate of drug-likeness (QED) is 0.530. The van der Waals surface area contributed by atoms with Gasteiger partial charge in [0.05, 0.1) is 30.8 Å². The molecule has 9 heteroatoms. The van der Waals surface area contributed by atoms with Crippen molar-refractivity contribution in [2.75, 3.05) is 51.3 Å². The van der Waals surface area contributed by atoms with Crippen molar-refractivity contribution in [1.29, 1.82) is 5.26 Å². The number of hydrogen-bond acceptors (Lipinski definition) is 8. The van der Waals surface area contributed by atoms with E-state index in [4.69, 9.17) is 9.72 Å². The molecular weight excluding hydrogens is 384 g/mol. The third-order valence-corrected chi connectivity index (χ3v) is 4.90. The molecule has 30 heavy (non-hydrogen) atoms. The van der Waals surface area contributed by atoms with Gasteiger partial charge in [-0.1, -0.05) is 18.2 Å². The molecule has 0 bridgehead atoms. The first kappa shape index (κ1) is 21.2. The van der Waals surface area contributed by atoms with E-state index in [-0.39, 0.29) is 5.91 Å². The fourth-order valence-corrected chi connectivity index (χ4v) is 3.34. The van der Waals surface area contributed by atoms with Crippen LogP contribution in [0.4, 0.5) is 5.82 Å². The van der Waals surface area contributed by atoms with E-state index < -0.39 is 11.9 Å². The Bertz CT molecular complexity index is 978. The van der Waals surface area contributed by atoms with Crippen LogP contribution in [0.15, 0.2) is 36.9 Å². The molecule has 1 atom stereocenters. The van der Waals surface area contributed by atoms with Crippen LogP contribution in [0.1, 0.15) is 11.6 Å². The van der Waals surface area contributed by atoms with Crippen LogP contribution >= 0.6 is 0 Å². The lowest BCUT2D eigenvalue weighted by molar-refractivity contribution is -0.141. The predicted molar refractivity (Wildman–Crippen MR) is 112 cm³/mol. The number of rotatable bonds is 7. The Labute approximate surface area is 174 Å². The van der Waals surface area contributed by atoms with Gasteiger partial charge in [0.1, 0.15) is 5.69 Å². The van der Waals surface area contributed by atoms with Gasteiger partial charge in [-0.25, -0.2) is 9.97 Å². The first-order valence-electron chi connectivity index (χ1n) is 9.66. The Kier molecular flexibility index (Phi) is 6.93. The molecule has 1 amide bonds. The van der Waals surface area contributed by atoms with Crippen molar-refractivity contribution < 1.29 is 14.3 Å². The number of aromatic nitrogens is 2.